The number of aliphatic imine (C=N–C) groups is 1. The molecule has 0 bridgehead atoms. The van der Waals surface area contributed by atoms with Crippen LogP contribution in [-0.4, -0.2) is 76.4 Å². The van der Waals surface area contributed by atoms with Crippen LogP contribution >= 0.6 is 24.0 Å². The van der Waals surface area contributed by atoms with Crippen LogP contribution in [-0.2, 0) is 14.3 Å². The minimum atomic E-state index is -0.0158. The maximum atomic E-state index is 11.7. The summed E-state index contributed by atoms with van der Waals surface area (Å²) in [5.74, 6) is 0.649. The third-order valence-corrected chi connectivity index (χ3v) is 4.04. The zero-order valence-electron chi connectivity index (χ0n) is 16.6. The highest BCUT2D eigenvalue weighted by atomic mass is 127. The summed E-state index contributed by atoms with van der Waals surface area (Å²) in [5, 5.41) is 6.57. The number of hydrogen-bond acceptors (Lipinski definition) is 4. The zero-order valence-corrected chi connectivity index (χ0v) is 18.9. The molecule has 2 N–H and O–H groups in total. The predicted octanol–water partition coefficient (Wildman–Crippen LogP) is 2.00. The monoisotopic (exact) mass is 484 g/mol. The van der Waals surface area contributed by atoms with Crippen LogP contribution in [0.15, 0.2) is 4.99 Å². The lowest BCUT2D eigenvalue weighted by atomic mass is 10.1. The number of unbranched alkanes of at least 4 members (excludes halogenated alkanes) is 1. The summed E-state index contributed by atoms with van der Waals surface area (Å²) in [5.41, 5.74) is 0. The number of amides is 1. The second kappa shape index (κ2) is 16.6. The number of halogens is 1. The molecule has 1 aliphatic rings. The highest BCUT2D eigenvalue weighted by Crippen LogP contribution is 2.11. The first-order chi connectivity index (χ1) is 12.1. The number of carbonyl (C=O) groups is 1. The van der Waals surface area contributed by atoms with Crippen LogP contribution in [0.4, 0.5) is 0 Å². The third kappa shape index (κ3) is 12.7. The van der Waals surface area contributed by atoms with E-state index in [1.54, 1.807) is 19.0 Å². The summed E-state index contributed by atoms with van der Waals surface area (Å²) >= 11 is 0. The maximum absolute atomic E-state index is 11.7. The molecule has 0 aromatic heterocycles. The molecule has 1 heterocycles. The van der Waals surface area contributed by atoms with Gasteiger partial charge in [0, 0.05) is 47.0 Å². The van der Waals surface area contributed by atoms with Crippen molar-refractivity contribution in [3.63, 3.8) is 0 Å². The smallest absolute Gasteiger partial charge is 0.243 e. The van der Waals surface area contributed by atoms with Crippen molar-refractivity contribution in [2.75, 3.05) is 53.6 Å². The molecule has 0 saturated carbocycles. The van der Waals surface area contributed by atoms with E-state index in [1.807, 2.05) is 0 Å². The van der Waals surface area contributed by atoms with Crippen LogP contribution in [0.25, 0.3) is 0 Å². The van der Waals surface area contributed by atoms with Gasteiger partial charge < -0.3 is 25.0 Å². The topological polar surface area (TPSA) is 75.2 Å². The molecule has 26 heavy (non-hydrogen) atoms. The summed E-state index contributed by atoms with van der Waals surface area (Å²) in [7, 11) is 3.48. The zero-order chi connectivity index (χ0) is 18.3. The van der Waals surface area contributed by atoms with Gasteiger partial charge >= 0.3 is 0 Å². The Morgan fingerprint density at radius 3 is 2.65 bits per heavy atom. The van der Waals surface area contributed by atoms with Crippen LogP contribution in [0.3, 0.4) is 0 Å². The van der Waals surface area contributed by atoms with Gasteiger partial charge in [0.15, 0.2) is 5.96 Å². The second-order valence-electron chi connectivity index (χ2n) is 6.57. The van der Waals surface area contributed by atoms with Crippen molar-refractivity contribution in [1.82, 2.24) is 15.5 Å². The molecule has 0 radical (unpaired) electrons. The largest absolute Gasteiger partial charge is 0.381 e. The number of likely N-dealkylation sites (N-methyl/N-ethyl adjacent to an activating group) is 1. The lowest BCUT2D eigenvalue weighted by Gasteiger charge is -2.24. The van der Waals surface area contributed by atoms with E-state index >= 15 is 0 Å². The molecule has 1 amide bonds. The fraction of sp³-hybridized carbons (Fsp3) is 0.889. The standard InChI is InChI=1S/C18H36N4O3.HI/c1-4-5-11-24-12-8-10-19-18(21-15-17(23)22(2)3)20-14-16-9-6-7-13-25-16;/h16H,4-15H2,1-3H3,(H2,19,20,21);1H. The highest BCUT2D eigenvalue weighted by molar-refractivity contribution is 14.0. The van der Waals surface area contributed by atoms with E-state index in [2.05, 4.69) is 22.5 Å². The lowest BCUT2D eigenvalue weighted by Crippen LogP contribution is -2.43. The van der Waals surface area contributed by atoms with Gasteiger partial charge in [0.25, 0.3) is 0 Å². The Kier molecular flexibility index (Phi) is 16.2. The molecule has 154 valence electrons. The molecular weight excluding hydrogens is 447 g/mol. The number of rotatable bonds is 11. The van der Waals surface area contributed by atoms with Crippen molar-refractivity contribution >= 4 is 35.8 Å². The SMILES string of the molecule is CCCCOCCCNC(=NCC(=O)N(C)C)NCC1CCCCO1.I. The van der Waals surface area contributed by atoms with E-state index in [0.717, 1.165) is 65.0 Å². The van der Waals surface area contributed by atoms with Crippen molar-refractivity contribution in [1.29, 1.82) is 0 Å². The molecule has 1 fully saturated rings. The molecule has 0 aromatic carbocycles. The van der Waals surface area contributed by atoms with E-state index in [9.17, 15) is 4.79 Å². The Morgan fingerprint density at radius 1 is 1.23 bits per heavy atom. The van der Waals surface area contributed by atoms with E-state index in [4.69, 9.17) is 9.47 Å². The minimum Gasteiger partial charge on any atom is -0.381 e. The number of nitrogens with one attached hydrogen (secondary N) is 2. The summed E-state index contributed by atoms with van der Waals surface area (Å²) in [6, 6.07) is 0. The minimum absolute atomic E-state index is 0. The maximum Gasteiger partial charge on any atom is 0.243 e. The molecule has 0 spiro atoms. The van der Waals surface area contributed by atoms with Crippen molar-refractivity contribution < 1.29 is 14.3 Å². The quantitative estimate of drug-likeness (QED) is 0.203. The molecule has 1 aliphatic heterocycles. The second-order valence-corrected chi connectivity index (χ2v) is 6.57. The lowest BCUT2D eigenvalue weighted by molar-refractivity contribution is -0.127. The fourth-order valence-electron chi connectivity index (χ4n) is 2.37. The Morgan fingerprint density at radius 2 is 2.00 bits per heavy atom. The Balaban J connectivity index is 0.00000625. The summed E-state index contributed by atoms with van der Waals surface area (Å²) in [6.45, 7) is 6.18. The van der Waals surface area contributed by atoms with Gasteiger partial charge in [-0.3, -0.25) is 4.79 Å². The van der Waals surface area contributed by atoms with Gasteiger partial charge in [-0.05, 0) is 32.1 Å². The van der Waals surface area contributed by atoms with Crippen LogP contribution in [0.5, 0.6) is 0 Å². The molecule has 1 rings (SSSR count). The number of guanidine groups is 1. The first-order valence-corrected chi connectivity index (χ1v) is 9.55. The van der Waals surface area contributed by atoms with Gasteiger partial charge in [0.2, 0.25) is 5.91 Å². The summed E-state index contributed by atoms with van der Waals surface area (Å²) in [6.07, 6.45) is 6.82. The summed E-state index contributed by atoms with van der Waals surface area (Å²) < 4.78 is 11.3. The van der Waals surface area contributed by atoms with E-state index in [1.165, 1.54) is 6.42 Å². The summed E-state index contributed by atoms with van der Waals surface area (Å²) in [4.78, 5) is 17.7. The molecule has 1 saturated heterocycles. The van der Waals surface area contributed by atoms with Crippen molar-refractivity contribution in [2.24, 2.45) is 4.99 Å². The van der Waals surface area contributed by atoms with Crippen LogP contribution in [0.2, 0.25) is 0 Å². The van der Waals surface area contributed by atoms with Gasteiger partial charge in [0.05, 0.1) is 6.10 Å². The van der Waals surface area contributed by atoms with Crippen molar-refractivity contribution in [3.8, 4) is 0 Å². The van der Waals surface area contributed by atoms with E-state index in [-0.39, 0.29) is 42.5 Å². The molecule has 1 unspecified atom stereocenters. The first-order valence-electron chi connectivity index (χ1n) is 9.55. The molecular formula is C18H37IN4O3. The van der Waals surface area contributed by atoms with E-state index < -0.39 is 0 Å². The molecule has 1 atom stereocenters. The Hall–Kier alpha value is -0.610. The molecule has 8 heteroatoms. The van der Waals surface area contributed by atoms with Gasteiger partial charge in [-0.1, -0.05) is 13.3 Å². The van der Waals surface area contributed by atoms with Crippen LogP contribution < -0.4 is 10.6 Å². The first kappa shape index (κ1) is 25.4. The molecule has 7 nitrogen and oxygen atoms in total. The number of carbonyl (C=O) groups excluding carboxylic acids is 1. The molecule has 0 aliphatic carbocycles. The van der Waals surface area contributed by atoms with Gasteiger partial charge in [-0.2, -0.15) is 0 Å². The molecule has 0 aromatic rings. The van der Waals surface area contributed by atoms with Crippen molar-refractivity contribution in [3.05, 3.63) is 0 Å². The average Bonchev–Trinajstić information content (AvgIpc) is 2.63. The number of nitrogens with zero attached hydrogens (tertiary/aromatic N) is 2. The number of hydrogen-bond donors (Lipinski definition) is 2. The average molecular weight is 484 g/mol. The van der Waals surface area contributed by atoms with Gasteiger partial charge in [-0.25, -0.2) is 4.99 Å². The normalized spacial score (nSPS) is 17.3. The Bertz CT molecular complexity index is 389. The Labute approximate surface area is 175 Å². The van der Waals surface area contributed by atoms with Crippen molar-refractivity contribution in [2.45, 2.75) is 51.6 Å². The van der Waals surface area contributed by atoms with Gasteiger partial charge in [0.1, 0.15) is 6.54 Å². The number of ether oxygens (including phenoxy) is 2. The third-order valence-electron chi connectivity index (χ3n) is 4.04. The van der Waals surface area contributed by atoms with E-state index in [0.29, 0.717) is 5.96 Å². The predicted molar refractivity (Wildman–Crippen MR) is 116 cm³/mol. The van der Waals surface area contributed by atoms with Gasteiger partial charge in [-0.15, -0.1) is 24.0 Å². The van der Waals surface area contributed by atoms with Crippen LogP contribution in [0, 0.1) is 0 Å². The van der Waals surface area contributed by atoms with Crippen LogP contribution in [0.1, 0.15) is 45.4 Å². The highest BCUT2D eigenvalue weighted by Gasteiger charge is 2.14. The fourth-order valence-corrected chi connectivity index (χ4v) is 2.37.